The van der Waals surface area contributed by atoms with Crippen molar-refractivity contribution in [3.63, 3.8) is 0 Å². The Hall–Kier alpha value is -2.48. The van der Waals surface area contributed by atoms with Crippen molar-refractivity contribution < 1.29 is 0 Å². The lowest BCUT2D eigenvalue weighted by Crippen LogP contribution is -2.03. The molecule has 0 unspecified atom stereocenters. The first-order chi connectivity index (χ1) is 8.20. The van der Waals surface area contributed by atoms with Crippen LogP contribution in [0.4, 0.5) is 11.5 Å². The molecular weight excluding hydrogens is 214 g/mol. The molecule has 4 N–H and O–H groups in total. The van der Waals surface area contributed by atoms with E-state index < -0.39 is 0 Å². The van der Waals surface area contributed by atoms with Crippen molar-refractivity contribution in [3.8, 4) is 6.07 Å². The summed E-state index contributed by atoms with van der Waals surface area (Å²) in [5, 5.41) is 18.7. The van der Waals surface area contributed by atoms with Crippen molar-refractivity contribution in [2.75, 3.05) is 11.1 Å². The van der Waals surface area contributed by atoms with E-state index in [1.54, 1.807) is 6.20 Å². The minimum absolute atomic E-state index is 0.542. The third-order valence-electron chi connectivity index (χ3n) is 2.52. The highest BCUT2D eigenvalue weighted by molar-refractivity contribution is 5.59. The quantitative estimate of drug-likeness (QED) is 0.745. The Bertz CT molecular complexity index is 565. The minimum Gasteiger partial charge on any atom is -0.384 e. The molecular formula is C12H13N5. The van der Waals surface area contributed by atoms with Crippen LogP contribution in [0.3, 0.4) is 0 Å². The Morgan fingerprint density at radius 2 is 2.35 bits per heavy atom. The fraction of sp³-hybridized carbons (Fsp3) is 0.167. The van der Waals surface area contributed by atoms with E-state index in [4.69, 9.17) is 11.0 Å². The molecule has 0 aliphatic heterocycles. The van der Waals surface area contributed by atoms with Crippen LogP contribution in [0, 0.1) is 18.3 Å². The summed E-state index contributed by atoms with van der Waals surface area (Å²) in [4.78, 5) is 0. The van der Waals surface area contributed by atoms with E-state index in [0.29, 0.717) is 17.9 Å². The number of nitriles is 1. The van der Waals surface area contributed by atoms with Gasteiger partial charge in [-0.2, -0.15) is 10.4 Å². The van der Waals surface area contributed by atoms with Gasteiger partial charge in [0, 0.05) is 12.1 Å². The molecule has 0 aliphatic rings. The number of aryl methyl sites for hydroxylation is 1. The maximum atomic E-state index is 9.02. The predicted molar refractivity (Wildman–Crippen MR) is 66.2 cm³/mol. The van der Waals surface area contributed by atoms with Crippen molar-refractivity contribution in [2.24, 2.45) is 0 Å². The lowest BCUT2D eigenvalue weighted by Gasteiger charge is -2.08. The van der Waals surface area contributed by atoms with Gasteiger partial charge in [-0.3, -0.25) is 5.10 Å². The van der Waals surface area contributed by atoms with Gasteiger partial charge in [-0.05, 0) is 24.6 Å². The maximum Gasteiger partial charge on any atom is 0.123 e. The van der Waals surface area contributed by atoms with Gasteiger partial charge in [0.15, 0.2) is 0 Å². The van der Waals surface area contributed by atoms with Crippen LogP contribution in [0.25, 0.3) is 0 Å². The second-order valence-electron chi connectivity index (χ2n) is 3.82. The normalized spacial score (nSPS) is 9.88. The van der Waals surface area contributed by atoms with E-state index in [9.17, 15) is 0 Å². The van der Waals surface area contributed by atoms with Gasteiger partial charge in [0.1, 0.15) is 11.9 Å². The second kappa shape index (κ2) is 4.58. The summed E-state index contributed by atoms with van der Waals surface area (Å²) in [7, 11) is 0. The highest BCUT2D eigenvalue weighted by atomic mass is 15.1. The zero-order chi connectivity index (χ0) is 12.3. The number of nitrogens with one attached hydrogen (secondary N) is 2. The summed E-state index contributed by atoms with van der Waals surface area (Å²) in [6, 6.07) is 7.87. The molecule has 0 bridgehead atoms. The van der Waals surface area contributed by atoms with Gasteiger partial charge >= 0.3 is 0 Å². The van der Waals surface area contributed by atoms with Crippen molar-refractivity contribution in [2.45, 2.75) is 13.5 Å². The lowest BCUT2D eigenvalue weighted by molar-refractivity contribution is 1.10. The topological polar surface area (TPSA) is 90.5 Å². The van der Waals surface area contributed by atoms with Crippen molar-refractivity contribution in [3.05, 3.63) is 41.1 Å². The molecule has 5 heteroatoms. The van der Waals surface area contributed by atoms with Crippen LogP contribution in [-0.2, 0) is 6.54 Å². The summed E-state index contributed by atoms with van der Waals surface area (Å²) in [5.41, 5.74) is 9.06. The number of aromatic nitrogens is 2. The first kappa shape index (κ1) is 11.0. The Kier molecular flexibility index (Phi) is 2.97. The molecule has 0 saturated heterocycles. The predicted octanol–water partition coefficient (Wildman–Crippen LogP) is 1.78. The standard InChI is InChI=1S/C12H13N5/c1-8-2-3-11(9(4-8)5-13)15-6-10-7-16-17-12(10)14/h2-4,7,15H,6H2,1H3,(H3,14,16,17). The minimum atomic E-state index is 0.542. The molecule has 0 saturated carbocycles. The fourth-order valence-corrected chi connectivity index (χ4v) is 1.56. The molecule has 1 aromatic heterocycles. The molecule has 2 aromatic rings. The van der Waals surface area contributed by atoms with Gasteiger partial charge in [0.05, 0.1) is 17.4 Å². The van der Waals surface area contributed by atoms with Gasteiger partial charge in [-0.25, -0.2) is 0 Å². The number of benzene rings is 1. The molecule has 0 radical (unpaired) electrons. The summed E-state index contributed by atoms with van der Waals surface area (Å²) in [5.74, 6) is 0.545. The van der Waals surface area contributed by atoms with Gasteiger partial charge < -0.3 is 11.1 Å². The summed E-state index contributed by atoms with van der Waals surface area (Å²) in [6.07, 6.45) is 1.67. The summed E-state index contributed by atoms with van der Waals surface area (Å²) in [6.45, 7) is 2.50. The Balaban J connectivity index is 2.15. The first-order valence-corrected chi connectivity index (χ1v) is 5.23. The monoisotopic (exact) mass is 227 g/mol. The average molecular weight is 227 g/mol. The largest absolute Gasteiger partial charge is 0.384 e. The van der Waals surface area contributed by atoms with Gasteiger partial charge in [-0.1, -0.05) is 6.07 Å². The summed E-state index contributed by atoms with van der Waals surface area (Å²) < 4.78 is 0. The first-order valence-electron chi connectivity index (χ1n) is 5.23. The van der Waals surface area contributed by atoms with Crippen LogP contribution >= 0.6 is 0 Å². The second-order valence-corrected chi connectivity index (χ2v) is 3.82. The smallest absolute Gasteiger partial charge is 0.123 e. The molecule has 0 fully saturated rings. The molecule has 86 valence electrons. The van der Waals surface area contributed by atoms with Crippen molar-refractivity contribution in [1.82, 2.24) is 10.2 Å². The Morgan fingerprint density at radius 3 is 3.00 bits per heavy atom. The Labute approximate surface area is 99.3 Å². The number of nitrogens with two attached hydrogens (primary N) is 1. The lowest BCUT2D eigenvalue weighted by atomic mass is 10.1. The molecule has 1 heterocycles. The molecule has 1 aromatic carbocycles. The number of nitrogen functional groups attached to an aromatic ring is 1. The molecule has 0 amide bonds. The van der Waals surface area contributed by atoms with Gasteiger partial charge in [0.2, 0.25) is 0 Å². The third-order valence-corrected chi connectivity index (χ3v) is 2.52. The number of hydrogen-bond donors (Lipinski definition) is 3. The number of H-pyrrole nitrogens is 1. The number of nitrogens with zero attached hydrogens (tertiary/aromatic N) is 2. The average Bonchev–Trinajstić information content (AvgIpc) is 2.73. The van der Waals surface area contributed by atoms with Crippen molar-refractivity contribution in [1.29, 1.82) is 5.26 Å². The third kappa shape index (κ3) is 2.37. The van der Waals surface area contributed by atoms with Crippen LogP contribution < -0.4 is 11.1 Å². The van der Waals surface area contributed by atoms with Crippen LogP contribution in [0.2, 0.25) is 0 Å². The number of anilines is 2. The number of aromatic amines is 1. The van der Waals surface area contributed by atoms with E-state index in [2.05, 4.69) is 21.6 Å². The molecule has 0 spiro atoms. The van der Waals surface area contributed by atoms with Crippen LogP contribution in [-0.4, -0.2) is 10.2 Å². The van der Waals surface area contributed by atoms with Crippen LogP contribution in [0.1, 0.15) is 16.7 Å². The van der Waals surface area contributed by atoms with Crippen molar-refractivity contribution >= 4 is 11.5 Å². The van der Waals surface area contributed by atoms with Crippen LogP contribution in [0.5, 0.6) is 0 Å². The van der Waals surface area contributed by atoms with E-state index in [1.807, 2.05) is 25.1 Å². The van der Waals surface area contributed by atoms with E-state index in [1.165, 1.54) is 0 Å². The highest BCUT2D eigenvalue weighted by Crippen LogP contribution is 2.18. The SMILES string of the molecule is Cc1ccc(NCc2cn[nH]c2N)c(C#N)c1. The maximum absolute atomic E-state index is 9.02. The van der Waals surface area contributed by atoms with E-state index >= 15 is 0 Å². The molecule has 0 atom stereocenters. The van der Waals surface area contributed by atoms with Gasteiger partial charge in [-0.15, -0.1) is 0 Å². The number of hydrogen-bond acceptors (Lipinski definition) is 4. The fourth-order valence-electron chi connectivity index (χ4n) is 1.56. The Morgan fingerprint density at radius 1 is 1.53 bits per heavy atom. The zero-order valence-electron chi connectivity index (χ0n) is 9.49. The zero-order valence-corrected chi connectivity index (χ0v) is 9.49. The molecule has 0 aliphatic carbocycles. The van der Waals surface area contributed by atoms with Gasteiger partial charge in [0.25, 0.3) is 0 Å². The molecule has 5 nitrogen and oxygen atoms in total. The summed E-state index contributed by atoms with van der Waals surface area (Å²) >= 11 is 0. The van der Waals surface area contributed by atoms with E-state index in [0.717, 1.165) is 16.8 Å². The molecule has 2 rings (SSSR count). The van der Waals surface area contributed by atoms with Crippen LogP contribution in [0.15, 0.2) is 24.4 Å². The number of rotatable bonds is 3. The van der Waals surface area contributed by atoms with E-state index in [-0.39, 0.29) is 0 Å². The highest BCUT2D eigenvalue weighted by Gasteiger charge is 2.04. The molecule has 17 heavy (non-hydrogen) atoms.